The van der Waals surface area contributed by atoms with E-state index >= 15 is 0 Å². The van der Waals surface area contributed by atoms with Crippen LogP contribution in [0.4, 0.5) is 0 Å². The number of nitrogens with zero attached hydrogens (tertiary/aromatic N) is 2. The van der Waals surface area contributed by atoms with E-state index in [-0.39, 0.29) is 11.5 Å². The molecule has 0 fully saturated rings. The Kier molecular flexibility index (Phi) is 4.05. The van der Waals surface area contributed by atoms with Crippen molar-refractivity contribution in [3.63, 3.8) is 0 Å². The topological polar surface area (TPSA) is 85.2 Å². The molecule has 2 aromatic rings. The SMILES string of the molecule is Cc1cc(-c2noc(CC(N)C(C)(C)C)n2)cc(C)c1O. The van der Waals surface area contributed by atoms with Crippen LogP contribution in [0.15, 0.2) is 16.7 Å². The Labute approximate surface area is 125 Å². The van der Waals surface area contributed by atoms with E-state index in [1.54, 1.807) is 0 Å². The second kappa shape index (κ2) is 5.48. The summed E-state index contributed by atoms with van der Waals surface area (Å²) in [6.45, 7) is 9.95. The second-order valence-electron chi connectivity index (χ2n) is 6.65. The van der Waals surface area contributed by atoms with Crippen LogP contribution in [0.3, 0.4) is 0 Å². The number of aryl methyl sites for hydroxylation is 2. The minimum Gasteiger partial charge on any atom is -0.507 e. The maximum atomic E-state index is 9.81. The van der Waals surface area contributed by atoms with Crippen molar-refractivity contribution < 1.29 is 9.63 Å². The number of aromatic hydroxyl groups is 1. The zero-order valence-corrected chi connectivity index (χ0v) is 13.3. The molecule has 1 aromatic heterocycles. The number of aromatic nitrogens is 2. The minimum absolute atomic E-state index is 0.0135. The van der Waals surface area contributed by atoms with Crippen LogP contribution in [0.2, 0.25) is 0 Å². The van der Waals surface area contributed by atoms with Gasteiger partial charge >= 0.3 is 0 Å². The van der Waals surface area contributed by atoms with Gasteiger partial charge in [-0.25, -0.2) is 0 Å². The van der Waals surface area contributed by atoms with Crippen LogP contribution in [0, 0.1) is 19.3 Å². The van der Waals surface area contributed by atoms with Crippen molar-refractivity contribution in [2.75, 3.05) is 0 Å². The normalized spacial score (nSPS) is 13.4. The van der Waals surface area contributed by atoms with E-state index in [2.05, 4.69) is 30.9 Å². The van der Waals surface area contributed by atoms with Gasteiger partial charge < -0.3 is 15.4 Å². The van der Waals surface area contributed by atoms with E-state index in [0.29, 0.717) is 23.9 Å². The number of rotatable bonds is 3. The highest BCUT2D eigenvalue weighted by Gasteiger charge is 2.23. The first-order valence-corrected chi connectivity index (χ1v) is 7.07. The molecule has 0 spiro atoms. The maximum Gasteiger partial charge on any atom is 0.228 e. The Balaban J connectivity index is 2.24. The molecule has 5 heteroatoms. The molecule has 5 nitrogen and oxygen atoms in total. The molecule has 114 valence electrons. The highest BCUT2D eigenvalue weighted by molar-refractivity contribution is 5.60. The highest BCUT2D eigenvalue weighted by Crippen LogP contribution is 2.28. The molecule has 1 heterocycles. The molecule has 0 bridgehead atoms. The largest absolute Gasteiger partial charge is 0.507 e. The van der Waals surface area contributed by atoms with Crippen LogP contribution >= 0.6 is 0 Å². The molecule has 3 N–H and O–H groups in total. The highest BCUT2D eigenvalue weighted by atomic mass is 16.5. The zero-order valence-electron chi connectivity index (χ0n) is 13.3. The van der Waals surface area contributed by atoms with Gasteiger partial charge in [0.05, 0.1) is 0 Å². The summed E-state index contributed by atoms with van der Waals surface area (Å²) in [6.07, 6.45) is 0.548. The number of nitrogens with two attached hydrogens (primary N) is 1. The molecule has 0 aliphatic carbocycles. The molecule has 21 heavy (non-hydrogen) atoms. The van der Waals surface area contributed by atoms with Crippen LogP contribution in [-0.2, 0) is 6.42 Å². The Morgan fingerprint density at radius 3 is 2.33 bits per heavy atom. The average molecular weight is 289 g/mol. The van der Waals surface area contributed by atoms with Crippen LogP contribution in [-0.4, -0.2) is 21.3 Å². The number of phenolic OH excluding ortho intramolecular Hbond substituents is 1. The predicted molar refractivity (Wildman–Crippen MR) is 82.0 cm³/mol. The van der Waals surface area contributed by atoms with Crippen molar-refractivity contribution in [1.29, 1.82) is 0 Å². The van der Waals surface area contributed by atoms with Gasteiger partial charge in [0.15, 0.2) is 0 Å². The molecule has 0 amide bonds. The third-order valence-corrected chi connectivity index (χ3v) is 3.72. The summed E-state index contributed by atoms with van der Waals surface area (Å²) in [4.78, 5) is 4.41. The summed E-state index contributed by atoms with van der Waals surface area (Å²) in [5.74, 6) is 1.37. The van der Waals surface area contributed by atoms with Gasteiger partial charge in [-0.2, -0.15) is 4.98 Å². The van der Waals surface area contributed by atoms with Crippen LogP contribution in [0.5, 0.6) is 5.75 Å². The Morgan fingerprint density at radius 1 is 1.24 bits per heavy atom. The van der Waals surface area contributed by atoms with Gasteiger partial charge in [-0.15, -0.1) is 0 Å². The van der Waals surface area contributed by atoms with Gasteiger partial charge in [0.2, 0.25) is 11.7 Å². The van der Waals surface area contributed by atoms with Crippen LogP contribution in [0.1, 0.15) is 37.8 Å². The Hall–Kier alpha value is -1.88. The average Bonchev–Trinajstić information content (AvgIpc) is 2.82. The lowest BCUT2D eigenvalue weighted by atomic mass is 9.85. The lowest BCUT2D eigenvalue weighted by molar-refractivity contribution is 0.286. The first-order valence-electron chi connectivity index (χ1n) is 7.07. The molecule has 1 unspecified atom stereocenters. The molecular formula is C16H23N3O2. The quantitative estimate of drug-likeness (QED) is 0.907. The number of phenols is 1. The Bertz CT molecular complexity index is 618. The first kappa shape index (κ1) is 15.5. The van der Waals surface area contributed by atoms with E-state index in [1.807, 2.05) is 26.0 Å². The molecule has 0 radical (unpaired) electrons. The van der Waals surface area contributed by atoms with Gasteiger partial charge in [0, 0.05) is 18.0 Å². The lowest BCUT2D eigenvalue weighted by Crippen LogP contribution is -2.36. The van der Waals surface area contributed by atoms with Gasteiger partial charge in [0.25, 0.3) is 0 Å². The number of benzene rings is 1. The standard InChI is InChI=1S/C16H23N3O2/c1-9-6-11(7-10(2)14(9)20)15-18-13(21-19-15)8-12(17)16(3,4)5/h6-7,12,20H,8,17H2,1-5H3. The lowest BCUT2D eigenvalue weighted by Gasteiger charge is -2.25. The molecule has 0 aliphatic rings. The van der Waals surface area contributed by atoms with Gasteiger partial charge in [0.1, 0.15) is 5.75 Å². The van der Waals surface area contributed by atoms with E-state index in [4.69, 9.17) is 10.3 Å². The second-order valence-corrected chi connectivity index (χ2v) is 6.65. The molecule has 0 saturated heterocycles. The van der Waals surface area contributed by atoms with Crippen molar-refractivity contribution in [1.82, 2.24) is 10.1 Å². The summed E-state index contributed by atoms with van der Waals surface area (Å²) < 4.78 is 5.29. The van der Waals surface area contributed by atoms with Crippen molar-refractivity contribution in [2.24, 2.45) is 11.1 Å². The fourth-order valence-corrected chi connectivity index (χ4v) is 2.03. The Morgan fingerprint density at radius 2 is 1.81 bits per heavy atom. The monoisotopic (exact) mass is 289 g/mol. The van der Waals surface area contributed by atoms with Crippen molar-refractivity contribution in [2.45, 2.75) is 47.1 Å². The molecule has 2 rings (SSSR count). The number of hydrogen-bond acceptors (Lipinski definition) is 5. The van der Waals surface area contributed by atoms with E-state index < -0.39 is 0 Å². The summed E-state index contributed by atoms with van der Waals surface area (Å²) in [6, 6.07) is 3.65. The molecular weight excluding hydrogens is 266 g/mol. The zero-order chi connectivity index (χ0) is 15.8. The predicted octanol–water partition coefficient (Wildman–Crippen LogP) is 2.97. The van der Waals surface area contributed by atoms with Gasteiger partial charge in [-0.05, 0) is 42.5 Å². The summed E-state index contributed by atoms with van der Waals surface area (Å²) in [5, 5.41) is 13.8. The third-order valence-electron chi connectivity index (χ3n) is 3.72. The van der Waals surface area contributed by atoms with Crippen LogP contribution in [0.25, 0.3) is 11.4 Å². The van der Waals surface area contributed by atoms with Gasteiger partial charge in [-0.1, -0.05) is 25.9 Å². The van der Waals surface area contributed by atoms with Crippen molar-refractivity contribution in [3.8, 4) is 17.1 Å². The minimum atomic E-state index is -0.0471. The third kappa shape index (κ3) is 3.42. The maximum absolute atomic E-state index is 9.81. The fraction of sp³-hybridized carbons (Fsp3) is 0.500. The van der Waals surface area contributed by atoms with E-state index in [0.717, 1.165) is 16.7 Å². The summed E-state index contributed by atoms with van der Waals surface area (Å²) >= 11 is 0. The summed E-state index contributed by atoms with van der Waals surface area (Å²) in [7, 11) is 0. The first-order chi connectivity index (χ1) is 9.68. The van der Waals surface area contributed by atoms with E-state index in [9.17, 15) is 5.11 Å². The fourth-order valence-electron chi connectivity index (χ4n) is 2.03. The van der Waals surface area contributed by atoms with Gasteiger partial charge in [-0.3, -0.25) is 0 Å². The van der Waals surface area contributed by atoms with Crippen molar-refractivity contribution >= 4 is 0 Å². The molecule has 1 atom stereocenters. The molecule has 0 aliphatic heterocycles. The van der Waals surface area contributed by atoms with E-state index in [1.165, 1.54) is 0 Å². The number of hydrogen-bond donors (Lipinski definition) is 2. The summed E-state index contributed by atoms with van der Waals surface area (Å²) in [5.41, 5.74) is 8.55. The molecule has 0 saturated carbocycles. The van der Waals surface area contributed by atoms with Crippen LogP contribution < -0.4 is 5.73 Å². The smallest absolute Gasteiger partial charge is 0.228 e. The van der Waals surface area contributed by atoms with Crippen molar-refractivity contribution in [3.05, 3.63) is 29.2 Å². The molecule has 1 aromatic carbocycles.